The second-order valence-electron chi connectivity index (χ2n) is 10.1. The lowest BCUT2D eigenvalue weighted by atomic mass is 10.1. The average Bonchev–Trinajstić information content (AvgIpc) is 3.43. The Bertz CT molecular complexity index is 1780. The zero-order valence-electron chi connectivity index (χ0n) is 24.8. The summed E-state index contributed by atoms with van der Waals surface area (Å²) < 4.78 is 28.2. The Labute approximate surface area is 257 Å². The lowest BCUT2D eigenvalue weighted by Crippen LogP contribution is -2.17. The van der Waals surface area contributed by atoms with E-state index in [4.69, 9.17) is 9.47 Å². The van der Waals surface area contributed by atoms with Gasteiger partial charge in [0.15, 0.2) is 11.5 Å². The topological polar surface area (TPSA) is 64.9 Å². The molecule has 44 heavy (non-hydrogen) atoms. The van der Waals surface area contributed by atoms with Crippen LogP contribution in [-0.4, -0.2) is 23.3 Å². The summed E-state index contributed by atoms with van der Waals surface area (Å²) in [7, 11) is 0. The highest BCUT2D eigenvalue weighted by Crippen LogP contribution is 2.34. The summed E-state index contributed by atoms with van der Waals surface area (Å²) in [5.74, 6) is 0.356. The van der Waals surface area contributed by atoms with Crippen molar-refractivity contribution in [1.29, 1.82) is 0 Å². The number of aryl methyl sites for hydroxylation is 1. The monoisotopic (exact) mass is 587 g/mol. The highest BCUT2D eigenvalue weighted by atomic mass is 19.1. The Kier molecular flexibility index (Phi) is 9.67. The van der Waals surface area contributed by atoms with E-state index in [2.05, 4.69) is 52.9 Å². The maximum Gasteiger partial charge on any atom is 0.271 e. The molecule has 0 bridgehead atoms. The van der Waals surface area contributed by atoms with Gasteiger partial charge in [0, 0.05) is 28.1 Å². The van der Waals surface area contributed by atoms with Gasteiger partial charge in [-0.15, -0.1) is 6.58 Å². The molecule has 0 aliphatic rings. The molecule has 6 nitrogen and oxygen atoms in total. The largest absolute Gasteiger partial charge is 0.490 e. The molecule has 1 amide bonds. The summed E-state index contributed by atoms with van der Waals surface area (Å²) in [6.45, 7) is 8.25. The van der Waals surface area contributed by atoms with Crippen LogP contribution >= 0.6 is 0 Å². The van der Waals surface area contributed by atoms with Crippen LogP contribution in [0.3, 0.4) is 0 Å². The molecule has 0 aliphatic carbocycles. The van der Waals surface area contributed by atoms with Gasteiger partial charge in [-0.05, 0) is 86.0 Å². The summed E-state index contributed by atoms with van der Waals surface area (Å²) in [6, 6.07) is 31.9. The lowest BCUT2D eigenvalue weighted by Gasteiger charge is -2.17. The standard InChI is InChI=1S/C37H34FN3O3/c1-4-11-30-22-27(23-35(43-5-2)36(30)44-25-31-14-9-10-15-33(31)38)24-39-40-37(42)29-17-19-32(20-18-29)41-26(3)16-21-34(41)28-12-7-6-8-13-28/h4,6-10,12-24H,1,5,11,25H2,2-3H3,(H,40,42)/b39-24+. The van der Waals surface area contributed by atoms with Crippen LogP contribution in [0, 0.1) is 12.7 Å². The Morgan fingerprint density at radius 3 is 2.41 bits per heavy atom. The molecule has 1 aromatic heterocycles. The van der Waals surface area contributed by atoms with Crippen molar-refractivity contribution < 1.29 is 18.7 Å². The Balaban J connectivity index is 1.30. The van der Waals surface area contributed by atoms with Gasteiger partial charge in [0.2, 0.25) is 0 Å². The predicted octanol–water partition coefficient (Wildman–Crippen LogP) is 8.06. The summed E-state index contributed by atoms with van der Waals surface area (Å²) in [6.07, 6.45) is 3.81. The molecule has 0 saturated heterocycles. The van der Waals surface area contributed by atoms with E-state index in [1.54, 1.807) is 48.7 Å². The number of aromatic nitrogens is 1. The molecule has 1 heterocycles. The first-order valence-electron chi connectivity index (χ1n) is 14.4. The maximum absolute atomic E-state index is 14.2. The van der Waals surface area contributed by atoms with E-state index in [-0.39, 0.29) is 18.3 Å². The minimum absolute atomic E-state index is 0.0522. The third-order valence-corrected chi connectivity index (χ3v) is 7.06. The van der Waals surface area contributed by atoms with E-state index >= 15 is 0 Å². The summed E-state index contributed by atoms with van der Waals surface area (Å²) in [5.41, 5.74) is 9.30. The molecular weight excluding hydrogens is 553 g/mol. The Morgan fingerprint density at radius 2 is 1.68 bits per heavy atom. The van der Waals surface area contributed by atoms with Gasteiger partial charge in [0.25, 0.3) is 5.91 Å². The molecule has 222 valence electrons. The van der Waals surface area contributed by atoms with Gasteiger partial charge >= 0.3 is 0 Å². The number of allylic oxidation sites excluding steroid dienone is 1. The fourth-order valence-corrected chi connectivity index (χ4v) is 4.96. The summed E-state index contributed by atoms with van der Waals surface area (Å²) in [5, 5.41) is 4.19. The molecule has 0 unspecified atom stereocenters. The number of halogens is 1. The Hall–Kier alpha value is -5.43. The molecule has 0 fully saturated rings. The van der Waals surface area contributed by atoms with Crippen LogP contribution in [0.2, 0.25) is 0 Å². The summed E-state index contributed by atoms with van der Waals surface area (Å²) >= 11 is 0. The third kappa shape index (κ3) is 6.95. The number of benzene rings is 4. The molecule has 7 heteroatoms. The van der Waals surface area contributed by atoms with Gasteiger partial charge in [-0.1, -0.05) is 54.6 Å². The molecule has 1 N–H and O–H groups in total. The number of ether oxygens (including phenoxy) is 2. The molecule has 0 spiro atoms. The van der Waals surface area contributed by atoms with Crippen LogP contribution in [-0.2, 0) is 13.0 Å². The number of nitrogens with one attached hydrogen (secondary N) is 1. The SMILES string of the molecule is C=CCc1cc(/C=N/NC(=O)c2ccc(-n3c(C)ccc3-c3ccccc3)cc2)cc(OCC)c1OCc1ccccc1F. The van der Waals surface area contributed by atoms with E-state index in [1.807, 2.05) is 43.3 Å². The van der Waals surface area contributed by atoms with Crippen LogP contribution < -0.4 is 14.9 Å². The van der Waals surface area contributed by atoms with Crippen LogP contribution in [0.1, 0.15) is 39.7 Å². The zero-order valence-corrected chi connectivity index (χ0v) is 24.8. The second-order valence-corrected chi connectivity index (χ2v) is 10.1. The van der Waals surface area contributed by atoms with Crippen LogP contribution in [0.5, 0.6) is 11.5 Å². The number of carbonyl (C=O) groups excluding carboxylic acids is 1. The number of carbonyl (C=O) groups is 1. The van der Waals surface area contributed by atoms with Crippen molar-refractivity contribution in [3.8, 4) is 28.4 Å². The molecule has 0 radical (unpaired) electrons. The number of nitrogens with zero attached hydrogens (tertiary/aromatic N) is 2. The minimum Gasteiger partial charge on any atom is -0.490 e. The van der Waals surface area contributed by atoms with Crippen molar-refractivity contribution in [3.05, 3.63) is 150 Å². The molecule has 5 rings (SSSR count). The average molecular weight is 588 g/mol. The fourth-order valence-electron chi connectivity index (χ4n) is 4.96. The van der Waals surface area contributed by atoms with Crippen molar-refractivity contribution >= 4 is 12.1 Å². The minimum atomic E-state index is -0.332. The van der Waals surface area contributed by atoms with Crippen LogP contribution in [0.4, 0.5) is 4.39 Å². The smallest absolute Gasteiger partial charge is 0.271 e. The zero-order chi connectivity index (χ0) is 30.9. The van der Waals surface area contributed by atoms with E-state index in [0.717, 1.165) is 28.2 Å². The van der Waals surface area contributed by atoms with Crippen molar-refractivity contribution in [2.24, 2.45) is 5.10 Å². The molecule has 5 aromatic rings. The van der Waals surface area contributed by atoms with Gasteiger partial charge in [0.1, 0.15) is 12.4 Å². The van der Waals surface area contributed by atoms with Gasteiger partial charge < -0.3 is 14.0 Å². The summed E-state index contributed by atoms with van der Waals surface area (Å²) in [4.78, 5) is 12.9. The fraction of sp³-hybridized carbons (Fsp3) is 0.135. The van der Waals surface area contributed by atoms with E-state index in [0.29, 0.717) is 41.2 Å². The molecular formula is C37H34FN3O3. The van der Waals surface area contributed by atoms with Crippen LogP contribution in [0.25, 0.3) is 16.9 Å². The molecule has 0 aliphatic heterocycles. The van der Waals surface area contributed by atoms with E-state index < -0.39 is 0 Å². The van der Waals surface area contributed by atoms with Crippen molar-refractivity contribution in [2.45, 2.75) is 26.9 Å². The number of amides is 1. The van der Waals surface area contributed by atoms with Gasteiger partial charge in [0.05, 0.1) is 18.5 Å². The van der Waals surface area contributed by atoms with Crippen molar-refractivity contribution in [1.82, 2.24) is 9.99 Å². The number of hydrogen-bond donors (Lipinski definition) is 1. The normalized spacial score (nSPS) is 11.0. The second kappa shape index (κ2) is 14.2. The van der Waals surface area contributed by atoms with Gasteiger partial charge in [-0.2, -0.15) is 5.10 Å². The first-order valence-corrected chi connectivity index (χ1v) is 14.4. The number of hydrazone groups is 1. The molecule has 0 atom stereocenters. The van der Waals surface area contributed by atoms with E-state index in [9.17, 15) is 9.18 Å². The number of rotatable bonds is 12. The highest BCUT2D eigenvalue weighted by molar-refractivity contribution is 5.95. The van der Waals surface area contributed by atoms with Crippen molar-refractivity contribution in [2.75, 3.05) is 6.61 Å². The maximum atomic E-state index is 14.2. The predicted molar refractivity (Wildman–Crippen MR) is 173 cm³/mol. The lowest BCUT2D eigenvalue weighted by molar-refractivity contribution is 0.0955. The van der Waals surface area contributed by atoms with Crippen molar-refractivity contribution in [3.63, 3.8) is 0 Å². The first kappa shape index (κ1) is 30.0. The number of hydrogen-bond acceptors (Lipinski definition) is 4. The third-order valence-electron chi connectivity index (χ3n) is 7.06. The first-order chi connectivity index (χ1) is 21.5. The van der Waals surface area contributed by atoms with Gasteiger partial charge in [-0.25, -0.2) is 9.82 Å². The molecule has 0 saturated carbocycles. The van der Waals surface area contributed by atoms with Crippen LogP contribution in [0.15, 0.2) is 121 Å². The Morgan fingerprint density at radius 1 is 0.932 bits per heavy atom. The quantitative estimate of drug-likeness (QED) is 0.0912. The van der Waals surface area contributed by atoms with E-state index in [1.165, 1.54) is 6.07 Å². The van der Waals surface area contributed by atoms with Gasteiger partial charge in [-0.3, -0.25) is 4.79 Å². The highest BCUT2D eigenvalue weighted by Gasteiger charge is 2.15. The molecule has 4 aromatic carbocycles.